The molecule has 0 saturated carbocycles. The third kappa shape index (κ3) is 7.37. The average Bonchev–Trinajstić information content (AvgIpc) is 2.30. The third-order valence-electron chi connectivity index (χ3n) is 3.18. The lowest BCUT2D eigenvalue weighted by Gasteiger charge is -2.24. The van der Waals surface area contributed by atoms with Crippen LogP contribution in [0.25, 0.3) is 0 Å². The number of unbranched alkanes of at least 4 members (excludes halogenated alkanes) is 2. The number of carbonyl (C=O) groups is 1. The Morgan fingerprint density at radius 1 is 1.12 bits per heavy atom. The minimum atomic E-state index is -0.0935. The van der Waals surface area contributed by atoms with Crippen molar-refractivity contribution in [2.24, 2.45) is 5.92 Å². The van der Waals surface area contributed by atoms with Crippen LogP contribution in [0.5, 0.6) is 0 Å². The molecule has 3 heteroatoms. The van der Waals surface area contributed by atoms with Gasteiger partial charge in [0.05, 0.1) is 6.04 Å². The Balaban J connectivity index is 3.87. The largest absolute Gasteiger partial charge is 0.355 e. The van der Waals surface area contributed by atoms with Crippen molar-refractivity contribution in [2.75, 3.05) is 6.54 Å². The Hall–Kier alpha value is -0.570. The van der Waals surface area contributed by atoms with Crippen LogP contribution >= 0.6 is 0 Å². The summed E-state index contributed by atoms with van der Waals surface area (Å²) in [7, 11) is 0. The van der Waals surface area contributed by atoms with Crippen LogP contribution in [0.2, 0.25) is 0 Å². The van der Waals surface area contributed by atoms with E-state index >= 15 is 0 Å². The first-order valence-corrected chi connectivity index (χ1v) is 7.06. The van der Waals surface area contributed by atoms with Gasteiger partial charge >= 0.3 is 0 Å². The summed E-state index contributed by atoms with van der Waals surface area (Å²) in [5.41, 5.74) is 0. The summed E-state index contributed by atoms with van der Waals surface area (Å²) in [5, 5.41) is 6.38. The number of amides is 1. The molecule has 2 N–H and O–H groups in total. The van der Waals surface area contributed by atoms with Gasteiger partial charge in [-0.15, -0.1) is 0 Å². The molecule has 0 aromatic rings. The van der Waals surface area contributed by atoms with E-state index in [0.717, 1.165) is 19.4 Å². The lowest BCUT2D eigenvalue weighted by Crippen LogP contribution is -2.48. The first kappa shape index (κ1) is 16.4. The highest BCUT2D eigenvalue weighted by Gasteiger charge is 2.18. The SMILES string of the molecule is CCCCCNC(=O)C(C)NC(CC)C(C)C. The third-order valence-corrected chi connectivity index (χ3v) is 3.18. The lowest BCUT2D eigenvalue weighted by molar-refractivity contribution is -0.123. The normalized spacial score (nSPS) is 14.7. The summed E-state index contributed by atoms with van der Waals surface area (Å²) < 4.78 is 0. The van der Waals surface area contributed by atoms with Gasteiger partial charge in [-0.25, -0.2) is 0 Å². The molecule has 102 valence electrons. The molecule has 0 rings (SSSR count). The van der Waals surface area contributed by atoms with E-state index in [0.29, 0.717) is 12.0 Å². The average molecular weight is 242 g/mol. The Kier molecular flexibility index (Phi) is 9.14. The van der Waals surface area contributed by atoms with Gasteiger partial charge in [-0.2, -0.15) is 0 Å². The van der Waals surface area contributed by atoms with E-state index in [-0.39, 0.29) is 11.9 Å². The fraction of sp³-hybridized carbons (Fsp3) is 0.929. The summed E-state index contributed by atoms with van der Waals surface area (Å²) in [4.78, 5) is 11.8. The predicted molar refractivity (Wildman–Crippen MR) is 74.0 cm³/mol. The molecule has 17 heavy (non-hydrogen) atoms. The van der Waals surface area contributed by atoms with Crippen molar-refractivity contribution in [3.8, 4) is 0 Å². The van der Waals surface area contributed by atoms with Crippen molar-refractivity contribution in [1.29, 1.82) is 0 Å². The second-order valence-corrected chi connectivity index (χ2v) is 5.15. The summed E-state index contributed by atoms with van der Waals surface area (Å²) in [5.74, 6) is 0.690. The van der Waals surface area contributed by atoms with Crippen molar-refractivity contribution >= 4 is 5.91 Å². The molecule has 0 aliphatic carbocycles. The maximum atomic E-state index is 11.8. The van der Waals surface area contributed by atoms with Gasteiger partial charge in [-0.3, -0.25) is 4.79 Å². The minimum Gasteiger partial charge on any atom is -0.355 e. The Morgan fingerprint density at radius 2 is 1.76 bits per heavy atom. The van der Waals surface area contributed by atoms with E-state index in [2.05, 4.69) is 38.3 Å². The molecule has 0 saturated heterocycles. The van der Waals surface area contributed by atoms with E-state index < -0.39 is 0 Å². The van der Waals surface area contributed by atoms with Gasteiger partial charge in [-0.1, -0.05) is 40.5 Å². The molecule has 0 heterocycles. The topological polar surface area (TPSA) is 41.1 Å². The zero-order valence-electron chi connectivity index (χ0n) is 12.2. The van der Waals surface area contributed by atoms with Crippen molar-refractivity contribution in [3.05, 3.63) is 0 Å². The van der Waals surface area contributed by atoms with Crippen LogP contribution in [0.15, 0.2) is 0 Å². The first-order chi connectivity index (χ1) is 8.02. The second kappa shape index (κ2) is 9.46. The second-order valence-electron chi connectivity index (χ2n) is 5.15. The summed E-state index contributed by atoms with van der Waals surface area (Å²) in [6.45, 7) is 11.4. The smallest absolute Gasteiger partial charge is 0.236 e. The highest BCUT2D eigenvalue weighted by molar-refractivity contribution is 5.81. The van der Waals surface area contributed by atoms with Crippen LogP contribution in [-0.4, -0.2) is 24.5 Å². The van der Waals surface area contributed by atoms with Crippen LogP contribution in [0, 0.1) is 5.92 Å². The molecular formula is C14H30N2O. The molecule has 0 spiro atoms. The molecular weight excluding hydrogens is 212 g/mol. The zero-order valence-corrected chi connectivity index (χ0v) is 12.2. The lowest BCUT2D eigenvalue weighted by atomic mass is 10.0. The van der Waals surface area contributed by atoms with Crippen molar-refractivity contribution < 1.29 is 4.79 Å². The molecule has 2 atom stereocenters. The number of hydrogen-bond acceptors (Lipinski definition) is 2. The molecule has 0 bridgehead atoms. The van der Waals surface area contributed by atoms with E-state index in [4.69, 9.17) is 0 Å². The maximum Gasteiger partial charge on any atom is 0.236 e. The van der Waals surface area contributed by atoms with Crippen molar-refractivity contribution in [2.45, 2.75) is 72.4 Å². The monoisotopic (exact) mass is 242 g/mol. The summed E-state index contributed by atoms with van der Waals surface area (Å²) in [6, 6.07) is 0.329. The van der Waals surface area contributed by atoms with Gasteiger partial charge in [0.2, 0.25) is 5.91 Å². The van der Waals surface area contributed by atoms with E-state index in [1.807, 2.05) is 6.92 Å². The minimum absolute atomic E-state index is 0.0935. The molecule has 0 aliphatic heterocycles. The standard InChI is InChI=1S/C14H30N2O/c1-6-8-9-10-15-14(17)12(5)16-13(7-2)11(3)4/h11-13,16H,6-10H2,1-5H3,(H,15,17). The number of hydrogen-bond donors (Lipinski definition) is 2. The fourth-order valence-electron chi connectivity index (χ4n) is 1.92. The molecule has 0 aromatic carbocycles. The molecule has 0 radical (unpaired) electrons. The van der Waals surface area contributed by atoms with Gasteiger partial charge in [0.15, 0.2) is 0 Å². The van der Waals surface area contributed by atoms with Crippen molar-refractivity contribution in [3.63, 3.8) is 0 Å². The molecule has 3 nitrogen and oxygen atoms in total. The summed E-state index contributed by atoms with van der Waals surface area (Å²) >= 11 is 0. The molecule has 0 aromatic heterocycles. The first-order valence-electron chi connectivity index (χ1n) is 7.06. The fourth-order valence-corrected chi connectivity index (χ4v) is 1.92. The van der Waals surface area contributed by atoms with Gasteiger partial charge < -0.3 is 10.6 Å². The number of rotatable bonds is 9. The van der Waals surface area contributed by atoms with Crippen LogP contribution < -0.4 is 10.6 Å². The Bertz CT molecular complexity index is 204. The number of nitrogens with one attached hydrogen (secondary N) is 2. The maximum absolute atomic E-state index is 11.8. The van der Waals surface area contributed by atoms with Gasteiger partial charge in [0, 0.05) is 12.6 Å². The van der Waals surface area contributed by atoms with Crippen LogP contribution in [0.1, 0.15) is 60.3 Å². The van der Waals surface area contributed by atoms with Crippen LogP contribution in [0.4, 0.5) is 0 Å². The van der Waals surface area contributed by atoms with E-state index in [9.17, 15) is 4.79 Å². The predicted octanol–water partition coefficient (Wildman–Crippen LogP) is 2.71. The van der Waals surface area contributed by atoms with Gasteiger partial charge in [-0.05, 0) is 25.7 Å². The molecule has 0 aliphatic rings. The van der Waals surface area contributed by atoms with Crippen LogP contribution in [-0.2, 0) is 4.79 Å². The zero-order chi connectivity index (χ0) is 13.3. The van der Waals surface area contributed by atoms with Gasteiger partial charge in [0.25, 0.3) is 0 Å². The van der Waals surface area contributed by atoms with E-state index in [1.54, 1.807) is 0 Å². The number of carbonyl (C=O) groups excluding carboxylic acids is 1. The van der Waals surface area contributed by atoms with Crippen LogP contribution in [0.3, 0.4) is 0 Å². The quantitative estimate of drug-likeness (QED) is 0.610. The Labute approximate surface area is 107 Å². The molecule has 2 unspecified atom stereocenters. The molecule has 0 fully saturated rings. The van der Waals surface area contributed by atoms with E-state index in [1.165, 1.54) is 12.8 Å². The summed E-state index contributed by atoms with van der Waals surface area (Å²) in [6.07, 6.45) is 4.52. The van der Waals surface area contributed by atoms with Gasteiger partial charge in [0.1, 0.15) is 0 Å². The highest BCUT2D eigenvalue weighted by atomic mass is 16.2. The molecule has 1 amide bonds. The van der Waals surface area contributed by atoms with Crippen molar-refractivity contribution in [1.82, 2.24) is 10.6 Å². The Morgan fingerprint density at radius 3 is 2.24 bits per heavy atom. The highest BCUT2D eigenvalue weighted by Crippen LogP contribution is 2.06.